The Balaban J connectivity index is 1.47. The third kappa shape index (κ3) is 3.45. The van der Waals surface area contributed by atoms with E-state index in [1.165, 1.54) is 0 Å². The number of aromatic nitrogens is 2. The van der Waals surface area contributed by atoms with Gasteiger partial charge in [0, 0.05) is 23.2 Å². The first-order chi connectivity index (χ1) is 12.2. The molecular weight excluding hydrogens is 355 g/mol. The Morgan fingerprint density at radius 1 is 0.680 bits per heavy atom. The van der Waals surface area contributed by atoms with Gasteiger partial charge < -0.3 is 4.74 Å². The van der Waals surface area contributed by atoms with Crippen LogP contribution in [0.1, 0.15) is 11.1 Å². The minimum atomic E-state index is 0.505. The molecule has 25 heavy (non-hydrogen) atoms. The summed E-state index contributed by atoms with van der Waals surface area (Å²) >= 11 is 12.3. The van der Waals surface area contributed by atoms with Crippen LogP contribution in [0.5, 0.6) is 0 Å². The van der Waals surface area contributed by atoms with Crippen LogP contribution in [0.4, 0.5) is 0 Å². The van der Waals surface area contributed by atoms with E-state index in [4.69, 9.17) is 27.9 Å². The summed E-state index contributed by atoms with van der Waals surface area (Å²) in [7, 11) is 0. The molecule has 2 aromatic heterocycles. The fraction of sp³-hybridized carbons (Fsp3) is 0.100. The SMILES string of the molecule is Clc1ccnc2cc(COCc3ccc4c(Cl)ccnc4c3)ccc12. The quantitative estimate of drug-likeness (QED) is 0.456. The van der Waals surface area contributed by atoms with Crippen molar-refractivity contribution in [3.8, 4) is 0 Å². The van der Waals surface area contributed by atoms with E-state index in [2.05, 4.69) is 9.97 Å². The highest BCUT2D eigenvalue weighted by Gasteiger charge is 2.04. The van der Waals surface area contributed by atoms with E-state index in [0.29, 0.717) is 23.3 Å². The van der Waals surface area contributed by atoms with Gasteiger partial charge in [0.05, 0.1) is 34.3 Å². The van der Waals surface area contributed by atoms with Crippen molar-refractivity contribution in [1.82, 2.24) is 9.97 Å². The van der Waals surface area contributed by atoms with Gasteiger partial charge in [-0.25, -0.2) is 0 Å². The molecule has 4 rings (SSSR count). The highest BCUT2D eigenvalue weighted by Crippen LogP contribution is 2.24. The molecule has 0 aliphatic heterocycles. The van der Waals surface area contributed by atoms with Gasteiger partial charge in [0.25, 0.3) is 0 Å². The summed E-state index contributed by atoms with van der Waals surface area (Å²) < 4.78 is 5.84. The molecule has 0 radical (unpaired) electrons. The molecule has 0 saturated carbocycles. The van der Waals surface area contributed by atoms with E-state index >= 15 is 0 Å². The van der Waals surface area contributed by atoms with Crippen LogP contribution >= 0.6 is 23.2 Å². The number of fused-ring (bicyclic) bond motifs is 2. The Morgan fingerprint density at radius 3 is 1.64 bits per heavy atom. The highest BCUT2D eigenvalue weighted by atomic mass is 35.5. The molecule has 0 bridgehead atoms. The minimum Gasteiger partial charge on any atom is -0.372 e. The standard InChI is InChI=1S/C20H14Cl2N2O/c21-17-5-7-23-19-9-13(1-3-15(17)19)11-25-12-14-2-4-16-18(22)6-8-24-20(16)10-14/h1-10H,11-12H2. The topological polar surface area (TPSA) is 35.0 Å². The first-order valence-corrected chi connectivity index (χ1v) is 8.60. The fourth-order valence-corrected chi connectivity index (χ4v) is 3.22. The lowest BCUT2D eigenvalue weighted by Crippen LogP contribution is -1.95. The highest BCUT2D eigenvalue weighted by molar-refractivity contribution is 6.35. The fourth-order valence-electron chi connectivity index (χ4n) is 2.78. The number of benzene rings is 2. The van der Waals surface area contributed by atoms with Crippen molar-refractivity contribution in [1.29, 1.82) is 0 Å². The summed E-state index contributed by atoms with van der Waals surface area (Å²) in [5, 5.41) is 3.32. The Labute approximate surface area is 155 Å². The van der Waals surface area contributed by atoms with Crippen molar-refractivity contribution in [3.05, 3.63) is 82.1 Å². The zero-order valence-corrected chi connectivity index (χ0v) is 14.8. The Kier molecular flexibility index (Phi) is 4.53. The zero-order chi connectivity index (χ0) is 17.2. The normalized spacial score (nSPS) is 11.3. The molecule has 124 valence electrons. The average Bonchev–Trinajstić information content (AvgIpc) is 2.62. The number of rotatable bonds is 4. The van der Waals surface area contributed by atoms with E-state index in [0.717, 1.165) is 32.9 Å². The predicted octanol–water partition coefficient (Wildman–Crippen LogP) is 5.81. The van der Waals surface area contributed by atoms with Crippen LogP contribution in [0, 0.1) is 0 Å². The molecule has 3 nitrogen and oxygen atoms in total. The number of pyridine rings is 2. The van der Waals surface area contributed by atoms with Crippen molar-refractivity contribution in [2.75, 3.05) is 0 Å². The molecule has 0 spiro atoms. The van der Waals surface area contributed by atoms with Gasteiger partial charge in [0.2, 0.25) is 0 Å². The molecule has 0 N–H and O–H groups in total. The summed E-state index contributed by atoms with van der Waals surface area (Å²) in [4.78, 5) is 8.70. The van der Waals surface area contributed by atoms with Gasteiger partial charge in [-0.2, -0.15) is 0 Å². The molecule has 0 saturated heterocycles. The number of hydrogen-bond acceptors (Lipinski definition) is 3. The smallest absolute Gasteiger partial charge is 0.0722 e. The average molecular weight is 369 g/mol. The third-order valence-electron chi connectivity index (χ3n) is 4.05. The third-order valence-corrected chi connectivity index (χ3v) is 4.70. The lowest BCUT2D eigenvalue weighted by Gasteiger charge is -2.07. The van der Waals surface area contributed by atoms with Crippen molar-refractivity contribution in [3.63, 3.8) is 0 Å². The summed E-state index contributed by atoms with van der Waals surface area (Å²) in [5.74, 6) is 0. The first-order valence-electron chi connectivity index (χ1n) is 7.85. The second-order valence-electron chi connectivity index (χ2n) is 5.78. The molecule has 2 aromatic carbocycles. The van der Waals surface area contributed by atoms with E-state index in [1.807, 2.05) is 36.4 Å². The number of ether oxygens (including phenoxy) is 1. The van der Waals surface area contributed by atoms with Crippen LogP contribution in [0.3, 0.4) is 0 Å². The summed E-state index contributed by atoms with van der Waals surface area (Å²) in [6.07, 6.45) is 3.42. The van der Waals surface area contributed by atoms with Gasteiger partial charge in [-0.05, 0) is 35.4 Å². The maximum absolute atomic E-state index is 6.17. The lowest BCUT2D eigenvalue weighted by molar-refractivity contribution is 0.107. The summed E-state index contributed by atoms with van der Waals surface area (Å²) in [5.41, 5.74) is 3.87. The van der Waals surface area contributed by atoms with Gasteiger partial charge in [-0.15, -0.1) is 0 Å². The van der Waals surface area contributed by atoms with E-state index in [1.54, 1.807) is 24.5 Å². The Bertz CT molecular complexity index is 981. The van der Waals surface area contributed by atoms with Gasteiger partial charge in [0.1, 0.15) is 0 Å². The number of halogens is 2. The molecule has 4 aromatic rings. The van der Waals surface area contributed by atoms with Crippen LogP contribution in [0.2, 0.25) is 10.0 Å². The number of hydrogen-bond donors (Lipinski definition) is 0. The largest absolute Gasteiger partial charge is 0.372 e. The molecule has 0 unspecified atom stereocenters. The van der Waals surface area contributed by atoms with Gasteiger partial charge in [-0.1, -0.05) is 47.5 Å². The van der Waals surface area contributed by atoms with Crippen molar-refractivity contribution >= 4 is 45.0 Å². The minimum absolute atomic E-state index is 0.505. The van der Waals surface area contributed by atoms with Crippen molar-refractivity contribution in [2.24, 2.45) is 0 Å². The first kappa shape index (κ1) is 16.3. The van der Waals surface area contributed by atoms with E-state index in [9.17, 15) is 0 Å². The molecule has 0 aliphatic carbocycles. The zero-order valence-electron chi connectivity index (χ0n) is 13.2. The van der Waals surface area contributed by atoms with Crippen LogP contribution in [-0.2, 0) is 18.0 Å². The number of nitrogens with zero attached hydrogens (tertiary/aromatic N) is 2. The predicted molar refractivity (Wildman–Crippen MR) is 102 cm³/mol. The van der Waals surface area contributed by atoms with Crippen LogP contribution < -0.4 is 0 Å². The van der Waals surface area contributed by atoms with Crippen LogP contribution in [-0.4, -0.2) is 9.97 Å². The summed E-state index contributed by atoms with van der Waals surface area (Å²) in [6, 6.07) is 15.6. The lowest BCUT2D eigenvalue weighted by atomic mass is 10.1. The van der Waals surface area contributed by atoms with Crippen molar-refractivity contribution in [2.45, 2.75) is 13.2 Å². The maximum Gasteiger partial charge on any atom is 0.0722 e. The summed E-state index contributed by atoms with van der Waals surface area (Å²) in [6.45, 7) is 1.01. The molecule has 0 fully saturated rings. The van der Waals surface area contributed by atoms with Crippen LogP contribution in [0.25, 0.3) is 21.8 Å². The Morgan fingerprint density at radius 2 is 1.16 bits per heavy atom. The molecule has 2 heterocycles. The van der Waals surface area contributed by atoms with Gasteiger partial charge in [-0.3, -0.25) is 9.97 Å². The molecule has 0 aliphatic rings. The maximum atomic E-state index is 6.17. The Hall–Kier alpha value is -2.20. The van der Waals surface area contributed by atoms with Gasteiger partial charge >= 0.3 is 0 Å². The van der Waals surface area contributed by atoms with E-state index in [-0.39, 0.29) is 0 Å². The van der Waals surface area contributed by atoms with E-state index < -0.39 is 0 Å². The second-order valence-corrected chi connectivity index (χ2v) is 6.60. The monoisotopic (exact) mass is 368 g/mol. The molecule has 0 atom stereocenters. The van der Waals surface area contributed by atoms with Crippen LogP contribution in [0.15, 0.2) is 60.9 Å². The molecule has 0 amide bonds. The molecular formula is C20H14Cl2N2O. The molecule has 5 heteroatoms. The second kappa shape index (κ2) is 6.96. The van der Waals surface area contributed by atoms with Gasteiger partial charge in [0.15, 0.2) is 0 Å². The van der Waals surface area contributed by atoms with Crippen molar-refractivity contribution < 1.29 is 4.74 Å².